The van der Waals surface area contributed by atoms with Crippen molar-refractivity contribution in [3.8, 4) is 0 Å². The molecule has 1 heterocycles. The van der Waals surface area contributed by atoms with Gasteiger partial charge in [-0.3, -0.25) is 0 Å². The van der Waals surface area contributed by atoms with E-state index in [1.165, 1.54) is 26.4 Å². The summed E-state index contributed by atoms with van der Waals surface area (Å²) in [6, 6.07) is 5.41. The predicted molar refractivity (Wildman–Crippen MR) is 84.3 cm³/mol. The standard InChI is InChI=1S/C14H19N3O2S/c1-19-13(18)10-5-6-12(11(9-10)16-14(15)20)17-7-3-2-4-8-17/h5-6,9H,2-4,7-8H2,1H3,(H3,15,16,20). The van der Waals surface area contributed by atoms with Crippen LogP contribution in [0.15, 0.2) is 18.2 Å². The van der Waals surface area contributed by atoms with Gasteiger partial charge in [0.15, 0.2) is 5.11 Å². The van der Waals surface area contributed by atoms with Crippen molar-refractivity contribution < 1.29 is 9.53 Å². The molecule has 0 bridgehead atoms. The summed E-state index contributed by atoms with van der Waals surface area (Å²) in [5, 5.41) is 3.14. The molecular weight excluding hydrogens is 274 g/mol. The molecule has 0 amide bonds. The summed E-state index contributed by atoms with van der Waals surface area (Å²) in [5.41, 5.74) is 7.82. The topological polar surface area (TPSA) is 67.6 Å². The van der Waals surface area contributed by atoms with Gasteiger partial charge in [-0.1, -0.05) is 0 Å². The fourth-order valence-corrected chi connectivity index (χ4v) is 2.53. The lowest BCUT2D eigenvalue weighted by Crippen LogP contribution is -2.31. The number of piperidine rings is 1. The van der Waals surface area contributed by atoms with Crippen LogP contribution >= 0.6 is 12.2 Å². The van der Waals surface area contributed by atoms with Gasteiger partial charge in [-0.15, -0.1) is 0 Å². The molecule has 1 fully saturated rings. The number of methoxy groups -OCH3 is 1. The molecular formula is C14H19N3O2S. The molecule has 3 N–H and O–H groups in total. The Hall–Kier alpha value is -1.82. The molecule has 20 heavy (non-hydrogen) atoms. The van der Waals surface area contributed by atoms with E-state index in [9.17, 15) is 4.79 Å². The molecule has 2 rings (SSSR count). The minimum absolute atomic E-state index is 0.185. The fraction of sp³-hybridized carbons (Fsp3) is 0.429. The lowest BCUT2D eigenvalue weighted by molar-refractivity contribution is 0.0601. The molecule has 1 aromatic rings. The van der Waals surface area contributed by atoms with E-state index in [1.54, 1.807) is 12.1 Å². The maximum absolute atomic E-state index is 11.6. The van der Waals surface area contributed by atoms with Crippen LogP contribution in [-0.2, 0) is 4.74 Å². The number of benzene rings is 1. The molecule has 1 aliphatic rings. The molecule has 1 aromatic carbocycles. The van der Waals surface area contributed by atoms with Crippen molar-refractivity contribution in [3.63, 3.8) is 0 Å². The van der Waals surface area contributed by atoms with E-state index in [0.717, 1.165) is 24.5 Å². The molecule has 0 saturated carbocycles. The number of thiocarbonyl (C=S) groups is 1. The van der Waals surface area contributed by atoms with Crippen molar-refractivity contribution in [1.82, 2.24) is 0 Å². The molecule has 0 spiro atoms. The van der Waals surface area contributed by atoms with Crippen LogP contribution in [0.3, 0.4) is 0 Å². The van der Waals surface area contributed by atoms with Gasteiger partial charge in [-0.25, -0.2) is 4.79 Å². The molecule has 108 valence electrons. The molecule has 6 heteroatoms. The first kappa shape index (κ1) is 14.6. The van der Waals surface area contributed by atoms with E-state index in [0.29, 0.717) is 5.56 Å². The summed E-state index contributed by atoms with van der Waals surface area (Å²) < 4.78 is 4.74. The van der Waals surface area contributed by atoms with E-state index in [4.69, 9.17) is 22.7 Å². The maximum atomic E-state index is 11.6. The second-order valence-corrected chi connectivity index (χ2v) is 5.20. The molecule has 0 radical (unpaired) electrons. The van der Waals surface area contributed by atoms with Gasteiger partial charge in [-0.2, -0.15) is 0 Å². The van der Waals surface area contributed by atoms with Crippen molar-refractivity contribution in [3.05, 3.63) is 23.8 Å². The fourth-order valence-electron chi connectivity index (χ4n) is 2.42. The highest BCUT2D eigenvalue weighted by molar-refractivity contribution is 7.80. The zero-order valence-corrected chi connectivity index (χ0v) is 12.3. The Balaban J connectivity index is 2.33. The van der Waals surface area contributed by atoms with Crippen LogP contribution in [0.4, 0.5) is 11.4 Å². The summed E-state index contributed by atoms with van der Waals surface area (Å²) in [7, 11) is 1.36. The van der Waals surface area contributed by atoms with Gasteiger partial charge in [0.2, 0.25) is 0 Å². The Bertz CT molecular complexity index is 513. The van der Waals surface area contributed by atoms with Crippen LogP contribution in [0.1, 0.15) is 29.6 Å². The summed E-state index contributed by atoms with van der Waals surface area (Å²) in [6.45, 7) is 2.01. The largest absolute Gasteiger partial charge is 0.465 e. The first-order valence-corrected chi connectivity index (χ1v) is 7.06. The minimum Gasteiger partial charge on any atom is -0.465 e. The molecule has 1 saturated heterocycles. The molecule has 0 aromatic heterocycles. The second kappa shape index (κ2) is 6.56. The highest BCUT2D eigenvalue weighted by Gasteiger charge is 2.17. The van der Waals surface area contributed by atoms with Gasteiger partial charge < -0.3 is 20.7 Å². The zero-order valence-electron chi connectivity index (χ0n) is 11.5. The number of anilines is 2. The van der Waals surface area contributed by atoms with E-state index >= 15 is 0 Å². The van der Waals surface area contributed by atoms with Gasteiger partial charge in [0.25, 0.3) is 0 Å². The third-order valence-corrected chi connectivity index (χ3v) is 3.47. The summed E-state index contributed by atoms with van der Waals surface area (Å²) >= 11 is 4.91. The molecule has 0 atom stereocenters. The maximum Gasteiger partial charge on any atom is 0.337 e. The SMILES string of the molecule is COC(=O)c1ccc(N2CCCCC2)c(NC(N)=S)c1. The predicted octanol–water partition coefficient (Wildman–Crippen LogP) is 2.12. The highest BCUT2D eigenvalue weighted by atomic mass is 32.1. The Kier molecular flexibility index (Phi) is 4.79. The number of rotatable bonds is 3. The smallest absolute Gasteiger partial charge is 0.337 e. The van der Waals surface area contributed by atoms with E-state index in [-0.39, 0.29) is 11.1 Å². The van der Waals surface area contributed by atoms with E-state index in [1.807, 2.05) is 6.07 Å². The average molecular weight is 293 g/mol. The van der Waals surface area contributed by atoms with Gasteiger partial charge in [-0.05, 0) is 49.7 Å². The first-order valence-electron chi connectivity index (χ1n) is 6.65. The van der Waals surface area contributed by atoms with Crippen molar-refractivity contribution in [1.29, 1.82) is 0 Å². The van der Waals surface area contributed by atoms with Crippen molar-refractivity contribution in [2.24, 2.45) is 5.73 Å². The summed E-state index contributed by atoms with van der Waals surface area (Å²) in [4.78, 5) is 13.9. The Morgan fingerprint density at radius 2 is 2.05 bits per heavy atom. The Labute approximate surface area is 124 Å². The molecule has 1 aliphatic heterocycles. The lowest BCUT2D eigenvalue weighted by atomic mass is 10.1. The number of ether oxygens (including phenoxy) is 1. The number of carbonyl (C=O) groups excluding carboxylic acids is 1. The van der Waals surface area contributed by atoms with Crippen molar-refractivity contribution >= 4 is 34.7 Å². The minimum atomic E-state index is -0.374. The number of nitrogens with zero attached hydrogens (tertiary/aromatic N) is 1. The average Bonchev–Trinajstić information content (AvgIpc) is 2.46. The summed E-state index contributed by atoms with van der Waals surface area (Å²) in [6.07, 6.45) is 3.60. The van der Waals surface area contributed by atoms with Gasteiger partial charge in [0.1, 0.15) is 0 Å². The Morgan fingerprint density at radius 1 is 1.35 bits per heavy atom. The van der Waals surface area contributed by atoms with Crippen LogP contribution in [-0.4, -0.2) is 31.3 Å². The van der Waals surface area contributed by atoms with Gasteiger partial charge in [0, 0.05) is 13.1 Å². The Morgan fingerprint density at radius 3 is 2.65 bits per heavy atom. The van der Waals surface area contributed by atoms with E-state index < -0.39 is 0 Å². The summed E-state index contributed by atoms with van der Waals surface area (Å²) in [5.74, 6) is -0.374. The van der Waals surface area contributed by atoms with Gasteiger partial charge in [0.05, 0.1) is 24.0 Å². The monoisotopic (exact) mass is 293 g/mol. The second-order valence-electron chi connectivity index (χ2n) is 4.76. The van der Waals surface area contributed by atoms with Gasteiger partial charge >= 0.3 is 5.97 Å². The van der Waals surface area contributed by atoms with Crippen LogP contribution in [0.25, 0.3) is 0 Å². The lowest BCUT2D eigenvalue weighted by Gasteiger charge is -2.30. The van der Waals surface area contributed by atoms with Crippen molar-refractivity contribution in [2.75, 3.05) is 30.4 Å². The third-order valence-electron chi connectivity index (χ3n) is 3.37. The number of hydrogen-bond acceptors (Lipinski definition) is 4. The number of carbonyl (C=O) groups is 1. The van der Waals surface area contributed by atoms with Crippen LogP contribution in [0.2, 0.25) is 0 Å². The van der Waals surface area contributed by atoms with Crippen LogP contribution in [0.5, 0.6) is 0 Å². The third kappa shape index (κ3) is 3.39. The molecule has 0 unspecified atom stereocenters. The molecule has 0 aliphatic carbocycles. The number of hydrogen-bond donors (Lipinski definition) is 2. The number of esters is 1. The van der Waals surface area contributed by atoms with Crippen LogP contribution < -0.4 is 16.0 Å². The normalized spacial score (nSPS) is 14.8. The zero-order chi connectivity index (χ0) is 14.5. The van der Waals surface area contributed by atoms with Crippen molar-refractivity contribution in [2.45, 2.75) is 19.3 Å². The van der Waals surface area contributed by atoms with E-state index in [2.05, 4.69) is 10.2 Å². The first-order chi connectivity index (χ1) is 9.61. The quantitative estimate of drug-likeness (QED) is 0.657. The molecule has 5 nitrogen and oxygen atoms in total. The highest BCUT2D eigenvalue weighted by Crippen LogP contribution is 2.29. The van der Waals surface area contributed by atoms with Crippen LogP contribution in [0, 0.1) is 0 Å². The number of nitrogens with two attached hydrogens (primary N) is 1. The number of nitrogens with one attached hydrogen (secondary N) is 1.